The Morgan fingerprint density at radius 3 is 2.42 bits per heavy atom. The van der Waals surface area contributed by atoms with Crippen LogP contribution < -0.4 is 9.47 Å². The molecule has 3 heteroatoms. The smallest absolute Gasteiger partial charge is 0.131 e. The normalized spacial score (nSPS) is 9.95. The van der Waals surface area contributed by atoms with Gasteiger partial charge >= 0.3 is 0 Å². The number of alkyl halides is 1. The number of benzene rings is 2. The Bertz CT molecular complexity index is 535. The molecule has 0 N–H and O–H groups in total. The van der Waals surface area contributed by atoms with E-state index in [2.05, 4.69) is 6.58 Å². The summed E-state index contributed by atoms with van der Waals surface area (Å²) in [5.74, 6) is 2.77. The molecule has 0 heterocycles. The molecule has 0 amide bonds. The SMILES string of the molecule is C=CCOc1cccc(Oc2ccc(CCl)cc2)c1. The average Bonchev–Trinajstić information content (AvgIpc) is 2.46. The second kappa shape index (κ2) is 6.86. The van der Waals surface area contributed by atoms with Gasteiger partial charge in [0.25, 0.3) is 0 Å². The quantitative estimate of drug-likeness (QED) is 0.557. The van der Waals surface area contributed by atoms with Crippen LogP contribution in [0.3, 0.4) is 0 Å². The van der Waals surface area contributed by atoms with Crippen LogP contribution in [-0.2, 0) is 5.88 Å². The molecule has 2 aromatic rings. The third-order valence-corrected chi connectivity index (χ3v) is 2.80. The largest absolute Gasteiger partial charge is 0.489 e. The molecule has 2 rings (SSSR count). The minimum atomic E-state index is 0.480. The van der Waals surface area contributed by atoms with E-state index >= 15 is 0 Å². The molecule has 2 nitrogen and oxygen atoms in total. The summed E-state index contributed by atoms with van der Waals surface area (Å²) in [6, 6.07) is 15.2. The molecule has 0 aliphatic heterocycles. The van der Waals surface area contributed by atoms with Crippen LogP contribution in [0.4, 0.5) is 0 Å². The maximum absolute atomic E-state index is 5.75. The zero-order valence-electron chi connectivity index (χ0n) is 10.5. The molecule has 0 spiro atoms. The van der Waals surface area contributed by atoms with E-state index in [1.165, 1.54) is 0 Å². The first-order valence-electron chi connectivity index (χ1n) is 5.98. The van der Waals surface area contributed by atoms with E-state index in [0.717, 1.165) is 22.8 Å². The minimum Gasteiger partial charge on any atom is -0.489 e. The summed E-state index contributed by atoms with van der Waals surface area (Å²) in [4.78, 5) is 0. The van der Waals surface area contributed by atoms with Crippen molar-refractivity contribution in [2.75, 3.05) is 6.61 Å². The van der Waals surface area contributed by atoms with E-state index in [9.17, 15) is 0 Å². The van der Waals surface area contributed by atoms with E-state index in [4.69, 9.17) is 21.1 Å². The molecule has 0 atom stereocenters. The van der Waals surface area contributed by atoms with Gasteiger partial charge in [-0.25, -0.2) is 0 Å². The Balaban J connectivity index is 2.06. The zero-order valence-corrected chi connectivity index (χ0v) is 11.3. The highest BCUT2D eigenvalue weighted by molar-refractivity contribution is 6.17. The summed E-state index contributed by atoms with van der Waals surface area (Å²) in [6.07, 6.45) is 1.71. The summed E-state index contributed by atoms with van der Waals surface area (Å²) in [7, 11) is 0. The van der Waals surface area contributed by atoms with Crippen molar-refractivity contribution < 1.29 is 9.47 Å². The van der Waals surface area contributed by atoms with Crippen LogP contribution in [0.15, 0.2) is 61.2 Å². The molecule has 0 aliphatic rings. The third-order valence-electron chi connectivity index (χ3n) is 2.49. The summed E-state index contributed by atoms with van der Waals surface area (Å²) >= 11 is 5.74. The third kappa shape index (κ3) is 4.04. The van der Waals surface area contributed by atoms with Gasteiger partial charge < -0.3 is 9.47 Å². The first-order chi connectivity index (χ1) is 9.31. The number of halogens is 1. The highest BCUT2D eigenvalue weighted by Gasteiger charge is 2.00. The fourth-order valence-corrected chi connectivity index (χ4v) is 1.74. The molecule has 98 valence electrons. The maximum Gasteiger partial charge on any atom is 0.131 e. The van der Waals surface area contributed by atoms with Gasteiger partial charge in [0.1, 0.15) is 23.9 Å². The van der Waals surface area contributed by atoms with Gasteiger partial charge in [-0.05, 0) is 29.8 Å². The highest BCUT2D eigenvalue weighted by Crippen LogP contribution is 2.25. The van der Waals surface area contributed by atoms with Gasteiger partial charge in [-0.15, -0.1) is 11.6 Å². The van der Waals surface area contributed by atoms with Crippen molar-refractivity contribution in [3.63, 3.8) is 0 Å². The lowest BCUT2D eigenvalue weighted by Gasteiger charge is -2.08. The topological polar surface area (TPSA) is 18.5 Å². The summed E-state index contributed by atoms with van der Waals surface area (Å²) in [5.41, 5.74) is 1.07. The first-order valence-corrected chi connectivity index (χ1v) is 6.52. The Morgan fingerprint density at radius 2 is 1.74 bits per heavy atom. The molecule has 0 saturated carbocycles. The van der Waals surface area contributed by atoms with Crippen LogP contribution in [0.2, 0.25) is 0 Å². The molecule has 0 aliphatic carbocycles. The van der Waals surface area contributed by atoms with Crippen molar-refractivity contribution >= 4 is 11.6 Å². The summed E-state index contributed by atoms with van der Waals surface area (Å²) in [5, 5.41) is 0. The number of ether oxygens (including phenoxy) is 2. The van der Waals surface area contributed by atoms with Gasteiger partial charge in [0, 0.05) is 11.9 Å². The Morgan fingerprint density at radius 1 is 1.00 bits per heavy atom. The molecule has 2 aromatic carbocycles. The lowest BCUT2D eigenvalue weighted by molar-refractivity contribution is 0.360. The van der Waals surface area contributed by atoms with Gasteiger partial charge in [-0.1, -0.05) is 30.9 Å². The van der Waals surface area contributed by atoms with Gasteiger partial charge in [0.15, 0.2) is 0 Å². The standard InChI is InChI=1S/C16H15ClO2/c1-2-10-18-15-4-3-5-16(11-15)19-14-8-6-13(12-17)7-9-14/h2-9,11H,1,10,12H2. The molecule has 0 fully saturated rings. The second-order valence-electron chi connectivity index (χ2n) is 3.95. The molecule has 0 unspecified atom stereocenters. The fourth-order valence-electron chi connectivity index (χ4n) is 1.57. The van der Waals surface area contributed by atoms with Crippen LogP contribution in [-0.4, -0.2) is 6.61 Å². The molecule has 0 aromatic heterocycles. The van der Waals surface area contributed by atoms with Crippen LogP contribution in [0.25, 0.3) is 0 Å². The zero-order chi connectivity index (χ0) is 13.5. The number of rotatable bonds is 6. The summed E-state index contributed by atoms with van der Waals surface area (Å²) in [6.45, 7) is 4.10. The Labute approximate surface area is 118 Å². The van der Waals surface area contributed by atoms with Crippen molar-refractivity contribution in [3.05, 3.63) is 66.7 Å². The van der Waals surface area contributed by atoms with E-state index in [1.807, 2.05) is 48.5 Å². The van der Waals surface area contributed by atoms with Gasteiger partial charge in [0.2, 0.25) is 0 Å². The lowest BCUT2D eigenvalue weighted by Crippen LogP contribution is -1.93. The first kappa shape index (κ1) is 13.5. The van der Waals surface area contributed by atoms with E-state index in [0.29, 0.717) is 12.5 Å². The monoisotopic (exact) mass is 274 g/mol. The molecule has 0 bridgehead atoms. The highest BCUT2D eigenvalue weighted by atomic mass is 35.5. The van der Waals surface area contributed by atoms with Gasteiger partial charge in [-0.3, -0.25) is 0 Å². The maximum atomic E-state index is 5.75. The van der Waals surface area contributed by atoms with Gasteiger partial charge in [0.05, 0.1) is 0 Å². The van der Waals surface area contributed by atoms with E-state index < -0.39 is 0 Å². The van der Waals surface area contributed by atoms with Crippen LogP contribution in [0, 0.1) is 0 Å². The molecule has 0 saturated heterocycles. The predicted octanol–water partition coefficient (Wildman–Crippen LogP) is 4.78. The van der Waals surface area contributed by atoms with Crippen LogP contribution in [0.5, 0.6) is 17.2 Å². The molecular formula is C16H15ClO2. The van der Waals surface area contributed by atoms with Crippen molar-refractivity contribution in [1.82, 2.24) is 0 Å². The Hall–Kier alpha value is -1.93. The van der Waals surface area contributed by atoms with Crippen LogP contribution >= 0.6 is 11.6 Å². The van der Waals surface area contributed by atoms with E-state index in [-0.39, 0.29) is 0 Å². The predicted molar refractivity (Wildman–Crippen MR) is 78.2 cm³/mol. The Kier molecular flexibility index (Phi) is 4.87. The number of hydrogen-bond acceptors (Lipinski definition) is 2. The summed E-state index contributed by atoms with van der Waals surface area (Å²) < 4.78 is 11.2. The minimum absolute atomic E-state index is 0.480. The average molecular weight is 275 g/mol. The number of hydrogen-bond donors (Lipinski definition) is 0. The fraction of sp³-hybridized carbons (Fsp3) is 0.125. The van der Waals surface area contributed by atoms with Crippen molar-refractivity contribution in [2.24, 2.45) is 0 Å². The molecular weight excluding hydrogens is 260 g/mol. The second-order valence-corrected chi connectivity index (χ2v) is 4.22. The molecule has 19 heavy (non-hydrogen) atoms. The van der Waals surface area contributed by atoms with Crippen LogP contribution in [0.1, 0.15) is 5.56 Å². The molecule has 0 radical (unpaired) electrons. The van der Waals surface area contributed by atoms with Gasteiger partial charge in [-0.2, -0.15) is 0 Å². The van der Waals surface area contributed by atoms with Crippen molar-refractivity contribution in [1.29, 1.82) is 0 Å². The van der Waals surface area contributed by atoms with Crippen molar-refractivity contribution in [2.45, 2.75) is 5.88 Å². The van der Waals surface area contributed by atoms with E-state index in [1.54, 1.807) is 6.08 Å². The van der Waals surface area contributed by atoms with Crippen molar-refractivity contribution in [3.8, 4) is 17.2 Å². The lowest BCUT2D eigenvalue weighted by atomic mass is 10.2.